The summed E-state index contributed by atoms with van der Waals surface area (Å²) >= 11 is 0. The second-order valence-electron chi connectivity index (χ2n) is 5.34. The summed E-state index contributed by atoms with van der Waals surface area (Å²) in [5.74, 6) is 0.667. The van der Waals surface area contributed by atoms with Crippen LogP contribution in [-0.2, 0) is 11.2 Å². The molecule has 4 nitrogen and oxygen atoms in total. The Hall–Kier alpha value is -1.84. The van der Waals surface area contributed by atoms with E-state index in [0.29, 0.717) is 18.0 Å². The number of anilines is 1. The van der Waals surface area contributed by atoms with Crippen LogP contribution in [0.5, 0.6) is 0 Å². The molecule has 0 bridgehead atoms. The molecule has 1 aliphatic carbocycles. The third-order valence-corrected chi connectivity index (χ3v) is 3.71. The molecule has 18 heavy (non-hydrogen) atoms. The van der Waals surface area contributed by atoms with Crippen molar-refractivity contribution >= 4 is 17.5 Å². The summed E-state index contributed by atoms with van der Waals surface area (Å²) < 4.78 is 0. The third-order valence-electron chi connectivity index (χ3n) is 3.71. The monoisotopic (exact) mass is 244 g/mol. The Balaban J connectivity index is 1.71. The minimum absolute atomic E-state index is 0.00428. The molecular formula is C14H16N2O2. The van der Waals surface area contributed by atoms with Gasteiger partial charge in [0.25, 0.3) is 5.91 Å². The molecule has 0 aromatic heterocycles. The van der Waals surface area contributed by atoms with Crippen LogP contribution in [0.25, 0.3) is 0 Å². The molecule has 1 aromatic rings. The number of benzene rings is 1. The van der Waals surface area contributed by atoms with Gasteiger partial charge in [-0.2, -0.15) is 0 Å². The lowest BCUT2D eigenvalue weighted by Crippen LogP contribution is -2.43. The van der Waals surface area contributed by atoms with Gasteiger partial charge in [0.1, 0.15) is 0 Å². The van der Waals surface area contributed by atoms with Crippen molar-refractivity contribution < 1.29 is 9.59 Å². The fourth-order valence-electron chi connectivity index (χ4n) is 2.64. The maximum absolute atomic E-state index is 12.0. The van der Waals surface area contributed by atoms with Crippen LogP contribution in [0.2, 0.25) is 0 Å². The number of hydrogen-bond acceptors (Lipinski definition) is 2. The average Bonchev–Trinajstić information content (AvgIpc) is 2.65. The molecule has 0 radical (unpaired) electrons. The van der Waals surface area contributed by atoms with Crippen molar-refractivity contribution in [1.29, 1.82) is 0 Å². The van der Waals surface area contributed by atoms with Gasteiger partial charge < -0.3 is 10.6 Å². The summed E-state index contributed by atoms with van der Waals surface area (Å²) in [6, 6.07) is 5.72. The van der Waals surface area contributed by atoms with Crippen molar-refractivity contribution in [3.8, 4) is 0 Å². The summed E-state index contributed by atoms with van der Waals surface area (Å²) in [4.78, 5) is 23.3. The van der Waals surface area contributed by atoms with Gasteiger partial charge >= 0.3 is 0 Å². The van der Waals surface area contributed by atoms with Gasteiger partial charge in [0.2, 0.25) is 5.91 Å². The average molecular weight is 244 g/mol. The number of hydrogen-bond donors (Lipinski definition) is 2. The van der Waals surface area contributed by atoms with Gasteiger partial charge in [0.15, 0.2) is 0 Å². The van der Waals surface area contributed by atoms with Crippen LogP contribution in [0.3, 0.4) is 0 Å². The van der Waals surface area contributed by atoms with E-state index in [1.165, 1.54) is 0 Å². The zero-order valence-corrected chi connectivity index (χ0v) is 10.3. The van der Waals surface area contributed by atoms with Gasteiger partial charge in [0, 0.05) is 17.3 Å². The Morgan fingerprint density at radius 3 is 2.89 bits per heavy atom. The predicted octanol–water partition coefficient (Wildman–Crippen LogP) is 1.71. The van der Waals surface area contributed by atoms with Crippen molar-refractivity contribution in [2.45, 2.75) is 32.2 Å². The van der Waals surface area contributed by atoms with Crippen LogP contribution >= 0.6 is 0 Å². The number of fused-ring (bicyclic) bond motifs is 1. The highest BCUT2D eigenvalue weighted by molar-refractivity contribution is 6.02. The first-order chi connectivity index (χ1) is 8.61. The molecule has 0 unspecified atom stereocenters. The summed E-state index contributed by atoms with van der Waals surface area (Å²) in [5.41, 5.74) is 2.36. The van der Waals surface area contributed by atoms with E-state index >= 15 is 0 Å². The number of nitrogens with one attached hydrogen (secondary N) is 2. The molecule has 1 saturated carbocycles. The molecule has 1 fully saturated rings. The highest BCUT2D eigenvalue weighted by Gasteiger charge is 2.27. The van der Waals surface area contributed by atoms with Gasteiger partial charge in [0.05, 0.1) is 6.42 Å². The molecule has 0 saturated heterocycles. The van der Waals surface area contributed by atoms with E-state index in [-0.39, 0.29) is 11.8 Å². The molecule has 3 rings (SSSR count). The Bertz CT molecular complexity index is 519. The van der Waals surface area contributed by atoms with E-state index in [2.05, 4.69) is 17.6 Å². The molecule has 0 spiro atoms. The van der Waals surface area contributed by atoms with E-state index < -0.39 is 0 Å². The molecular weight excluding hydrogens is 228 g/mol. The molecule has 1 aromatic carbocycles. The minimum atomic E-state index is -0.0455. The van der Waals surface area contributed by atoms with Crippen LogP contribution in [0, 0.1) is 5.92 Å². The first-order valence-electron chi connectivity index (χ1n) is 6.35. The van der Waals surface area contributed by atoms with Crippen molar-refractivity contribution in [1.82, 2.24) is 5.32 Å². The number of amides is 2. The van der Waals surface area contributed by atoms with Crippen LogP contribution in [0.15, 0.2) is 18.2 Å². The minimum Gasteiger partial charge on any atom is -0.349 e. The van der Waals surface area contributed by atoms with Crippen LogP contribution in [0.4, 0.5) is 5.69 Å². The Kier molecular flexibility index (Phi) is 2.58. The van der Waals surface area contributed by atoms with Gasteiger partial charge in [-0.25, -0.2) is 0 Å². The second kappa shape index (κ2) is 4.12. The van der Waals surface area contributed by atoms with Gasteiger partial charge in [-0.15, -0.1) is 0 Å². The maximum Gasteiger partial charge on any atom is 0.251 e. The fraction of sp³-hybridized carbons (Fsp3) is 0.429. The van der Waals surface area contributed by atoms with Gasteiger partial charge in [-0.3, -0.25) is 9.59 Å². The Morgan fingerprint density at radius 1 is 1.39 bits per heavy atom. The Morgan fingerprint density at radius 2 is 2.17 bits per heavy atom. The van der Waals surface area contributed by atoms with E-state index in [9.17, 15) is 9.59 Å². The summed E-state index contributed by atoms with van der Waals surface area (Å²) in [5, 5.41) is 5.78. The van der Waals surface area contributed by atoms with Crippen LogP contribution in [0.1, 0.15) is 35.7 Å². The summed E-state index contributed by atoms with van der Waals surface area (Å²) in [7, 11) is 0. The standard InChI is InChI=1S/C14H16N2O2/c1-8-4-11(5-8)15-14(18)10-3-2-9-7-13(17)16-12(9)6-10/h2-3,6,8,11H,4-5,7H2,1H3,(H,15,18)(H,16,17). The smallest absolute Gasteiger partial charge is 0.251 e. The van der Waals surface area contributed by atoms with E-state index in [0.717, 1.165) is 30.0 Å². The molecule has 1 aliphatic heterocycles. The summed E-state index contributed by atoms with van der Waals surface area (Å²) in [6.07, 6.45) is 2.54. The third kappa shape index (κ3) is 1.98. The largest absolute Gasteiger partial charge is 0.349 e. The number of carbonyl (C=O) groups excluding carboxylic acids is 2. The number of rotatable bonds is 2. The molecule has 0 atom stereocenters. The predicted molar refractivity (Wildman–Crippen MR) is 68.4 cm³/mol. The van der Waals surface area contributed by atoms with Gasteiger partial charge in [-0.05, 0) is 36.5 Å². The van der Waals surface area contributed by atoms with Crippen molar-refractivity contribution in [3.05, 3.63) is 29.3 Å². The topological polar surface area (TPSA) is 58.2 Å². The highest BCUT2D eigenvalue weighted by atomic mass is 16.2. The SMILES string of the molecule is CC1CC(NC(=O)c2ccc3c(c2)NC(=O)C3)C1. The quantitative estimate of drug-likeness (QED) is 0.832. The summed E-state index contributed by atoms with van der Waals surface area (Å²) in [6.45, 7) is 2.19. The highest BCUT2D eigenvalue weighted by Crippen LogP contribution is 2.27. The molecule has 94 valence electrons. The normalized spacial score (nSPS) is 25.1. The Labute approximate surface area is 106 Å². The van der Waals surface area contributed by atoms with Gasteiger partial charge in [-0.1, -0.05) is 13.0 Å². The van der Waals surface area contributed by atoms with E-state index in [4.69, 9.17) is 0 Å². The zero-order valence-electron chi connectivity index (χ0n) is 10.3. The lowest BCUT2D eigenvalue weighted by atomic mass is 9.82. The molecule has 4 heteroatoms. The van der Waals surface area contributed by atoms with Crippen LogP contribution < -0.4 is 10.6 Å². The first-order valence-corrected chi connectivity index (χ1v) is 6.35. The first kappa shape index (κ1) is 11.3. The van der Waals surface area contributed by atoms with Crippen LogP contribution in [-0.4, -0.2) is 17.9 Å². The second-order valence-corrected chi connectivity index (χ2v) is 5.34. The van der Waals surface area contributed by atoms with Crippen molar-refractivity contribution in [2.24, 2.45) is 5.92 Å². The van der Waals surface area contributed by atoms with Crippen molar-refractivity contribution in [2.75, 3.05) is 5.32 Å². The van der Waals surface area contributed by atoms with E-state index in [1.54, 1.807) is 12.1 Å². The fourth-order valence-corrected chi connectivity index (χ4v) is 2.64. The molecule has 2 amide bonds. The van der Waals surface area contributed by atoms with E-state index in [1.807, 2.05) is 6.07 Å². The molecule has 2 aliphatic rings. The van der Waals surface area contributed by atoms with Crippen molar-refractivity contribution in [3.63, 3.8) is 0 Å². The maximum atomic E-state index is 12.0. The molecule has 2 N–H and O–H groups in total. The number of carbonyl (C=O) groups is 2. The zero-order chi connectivity index (χ0) is 12.7. The lowest BCUT2D eigenvalue weighted by molar-refractivity contribution is -0.115. The lowest BCUT2D eigenvalue weighted by Gasteiger charge is -2.33. The molecule has 1 heterocycles.